The number of rotatable bonds is 7. The number of hydrogen-bond acceptors (Lipinski definition) is 4. The van der Waals surface area contributed by atoms with E-state index in [0.717, 1.165) is 17.4 Å². The first-order chi connectivity index (χ1) is 13.2. The topological polar surface area (TPSA) is 79.8 Å². The van der Waals surface area contributed by atoms with Crippen LogP contribution in [-0.4, -0.2) is 34.3 Å². The number of aliphatic imine (C=N–C) groups is 1. The minimum absolute atomic E-state index is 0. The fraction of sp³-hybridized carbons (Fsp3) is 0.316. The standard InChI is InChI=1S/C19H23F2N3O3S.HI/c1-13-4-9-17(27-18(20)21)15(10-13)12-24-19(22-2)23-11-14-5-7-16(8-6-14)28(3,25)26;/h4-10,18H,11-12H2,1-3H3,(H2,22,23,24);1H. The van der Waals surface area contributed by atoms with E-state index in [0.29, 0.717) is 18.1 Å². The molecule has 0 spiro atoms. The van der Waals surface area contributed by atoms with Crippen LogP contribution in [0.15, 0.2) is 52.4 Å². The lowest BCUT2D eigenvalue weighted by Gasteiger charge is -2.15. The van der Waals surface area contributed by atoms with Gasteiger partial charge < -0.3 is 15.4 Å². The molecule has 0 unspecified atom stereocenters. The van der Waals surface area contributed by atoms with Crippen molar-refractivity contribution in [3.8, 4) is 5.75 Å². The first-order valence-corrected chi connectivity index (χ1v) is 10.4. The van der Waals surface area contributed by atoms with Crippen molar-refractivity contribution in [2.45, 2.75) is 31.5 Å². The van der Waals surface area contributed by atoms with Crippen molar-refractivity contribution in [1.82, 2.24) is 10.6 Å². The molecule has 10 heteroatoms. The zero-order valence-electron chi connectivity index (χ0n) is 16.3. The molecule has 29 heavy (non-hydrogen) atoms. The molecule has 0 aromatic heterocycles. The maximum absolute atomic E-state index is 12.6. The molecule has 2 rings (SSSR count). The van der Waals surface area contributed by atoms with Gasteiger partial charge in [0.05, 0.1) is 4.90 Å². The SMILES string of the molecule is CN=C(NCc1ccc(S(C)(=O)=O)cc1)NCc1cc(C)ccc1OC(F)F.I. The summed E-state index contributed by atoms with van der Waals surface area (Å²) in [5.74, 6) is 0.580. The lowest BCUT2D eigenvalue weighted by molar-refractivity contribution is -0.0504. The third kappa shape index (κ3) is 8.13. The molecule has 2 aromatic rings. The van der Waals surface area contributed by atoms with Crippen molar-refractivity contribution >= 4 is 39.8 Å². The highest BCUT2D eigenvalue weighted by Crippen LogP contribution is 2.22. The van der Waals surface area contributed by atoms with Gasteiger partial charge in [-0.05, 0) is 30.7 Å². The summed E-state index contributed by atoms with van der Waals surface area (Å²) in [7, 11) is -1.64. The van der Waals surface area contributed by atoms with E-state index in [9.17, 15) is 17.2 Å². The number of guanidine groups is 1. The lowest BCUT2D eigenvalue weighted by Crippen LogP contribution is -2.36. The minimum Gasteiger partial charge on any atom is -0.434 e. The molecule has 6 nitrogen and oxygen atoms in total. The molecule has 2 N–H and O–H groups in total. The highest BCUT2D eigenvalue weighted by atomic mass is 127. The molecular weight excluding hydrogens is 515 g/mol. The van der Waals surface area contributed by atoms with Gasteiger partial charge in [-0.25, -0.2) is 8.42 Å². The second-order valence-corrected chi connectivity index (χ2v) is 8.20. The fourth-order valence-corrected chi connectivity index (χ4v) is 3.13. The summed E-state index contributed by atoms with van der Waals surface area (Å²) < 4.78 is 52.7. The van der Waals surface area contributed by atoms with Crippen LogP contribution in [0.1, 0.15) is 16.7 Å². The monoisotopic (exact) mass is 539 g/mol. The van der Waals surface area contributed by atoms with Gasteiger partial charge in [0.1, 0.15) is 5.75 Å². The number of benzene rings is 2. The van der Waals surface area contributed by atoms with Crippen LogP contribution in [0.25, 0.3) is 0 Å². The van der Waals surface area contributed by atoms with Gasteiger partial charge >= 0.3 is 6.61 Å². The zero-order valence-corrected chi connectivity index (χ0v) is 19.4. The Hall–Kier alpha value is -1.95. The van der Waals surface area contributed by atoms with E-state index in [4.69, 9.17) is 0 Å². The largest absolute Gasteiger partial charge is 0.434 e. The molecule has 0 saturated heterocycles. The minimum atomic E-state index is -3.23. The number of ether oxygens (including phenoxy) is 1. The van der Waals surface area contributed by atoms with Gasteiger partial charge in [0, 0.05) is 32.0 Å². The second kappa shape index (κ2) is 11.3. The van der Waals surface area contributed by atoms with Gasteiger partial charge in [0.15, 0.2) is 15.8 Å². The van der Waals surface area contributed by atoms with E-state index in [1.165, 1.54) is 6.07 Å². The number of hydrogen-bond donors (Lipinski definition) is 2. The molecule has 0 aliphatic carbocycles. The molecule has 0 radical (unpaired) electrons. The Kier molecular flexibility index (Phi) is 9.77. The molecule has 0 heterocycles. The molecule has 160 valence electrons. The van der Waals surface area contributed by atoms with E-state index in [1.807, 2.05) is 6.92 Å². The molecule has 0 atom stereocenters. The predicted molar refractivity (Wildman–Crippen MR) is 120 cm³/mol. The molecule has 0 amide bonds. The Morgan fingerprint density at radius 3 is 2.28 bits per heavy atom. The van der Waals surface area contributed by atoms with Crippen LogP contribution < -0.4 is 15.4 Å². The van der Waals surface area contributed by atoms with Crippen molar-refractivity contribution in [2.24, 2.45) is 4.99 Å². The van der Waals surface area contributed by atoms with E-state index in [-0.39, 0.29) is 41.2 Å². The van der Waals surface area contributed by atoms with Crippen molar-refractivity contribution in [3.63, 3.8) is 0 Å². The Balaban J connectivity index is 0.00000420. The normalized spacial score (nSPS) is 11.7. The first kappa shape index (κ1) is 25.1. The number of aryl methyl sites for hydroxylation is 1. The maximum Gasteiger partial charge on any atom is 0.387 e. The van der Waals surface area contributed by atoms with E-state index < -0.39 is 16.4 Å². The van der Waals surface area contributed by atoms with Gasteiger partial charge in [-0.1, -0.05) is 29.8 Å². The number of nitrogens with one attached hydrogen (secondary N) is 2. The Bertz CT molecular complexity index is 936. The lowest BCUT2D eigenvalue weighted by atomic mass is 10.1. The van der Waals surface area contributed by atoms with Gasteiger partial charge in [0.25, 0.3) is 0 Å². The van der Waals surface area contributed by atoms with Crippen molar-refractivity contribution < 1.29 is 21.9 Å². The van der Waals surface area contributed by atoms with Crippen molar-refractivity contribution in [3.05, 3.63) is 59.2 Å². The smallest absolute Gasteiger partial charge is 0.387 e. The summed E-state index contributed by atoms with van der Waals surface area (Å²) >= 11 is 0. The predicted octanol–water partition coefficient (Wildman–Crippen LogP) is 3.48. The molecule has 0 aliphatic rings. The van der Waals surface area contributed by atoms with Crippen LogP contribution >= 0.6 is 24.0 Å². The number of nitrogens with zero attached hydrogens (tertiary/aromatic N) is 1. The molecule has 0 fully saturated rings. The summed E-state index contributed by atoms with van der Waals surface area (Å²) in [4.78, 5) is 4.35. The summed E-state index contributed by atoms with van der Waals surface area (Å²) in [5.41, 5.74) is 2.38. The second-order valence-electron chi connectivity index (χ2n) is 6.19. The van der Waals surface area contributed by atoms with E-state index in [1.54, 1.807) is 43.4 Å². The fourth-order valence-electron chi connectivity index (χ4n) is 2.50. The van der Waals surface area contributed by atoms with E-state index in [2.05, 4.69) is 20.4 Å². The summed E-state index contributed by atoms with van der Waals surface area (Å²) in [5, 5.41) is 6.14. The Labute approximate surface area is 186 Å². The average Bonchev–Trinajstić information content (AvgIpc) is 2.63. The van der Waals surface area contributed by atoms with Crippen molar-refractivity contribution in [2.75, 3.05) is 13.3 Å². The maximum atomic E-state index is 12.6. The highest BCUT2D eigenvalue weighted by Gasteiger charge is 2.11. The van der Waals surface area contributed by atoms with Crippen LogP contribution in [0.5, 0.6) is 5.75 Å². The average molecular weight is 539 g/mol. The third-order valence-corrected chi connectivity index (χ3v) is 5.04. The Morgan fingerprint density at radius 1 is 1.10 bits per heavy atom. The van der Waals surface area contributed by atoms with Gasteiger partial charge in [-0.2, -0.15) is 8.78 Å². The van der Waals surface area contributed by atoms with Gasteiger partial charge in [-0.3, -0.25) is 4.99 Å². The van der Waals surface area contributed by atoms with Crippen LogP contribution in [0.3, 0.4) is 0 Å². The van der Waals surface area contributed by atoms with E-state index >= 15 is 0 Å². The van der Waals surface area contributed by atoms with Crippen LogP contribution in [0.2, 0.25) is 0 Å². The molecule has 2 aromatic carbocycles. The number of halogens is 3. The number of sulfone groups is 1. The molecule has 0 bridgehead atoms. The quantitative estimate of drug-likeness (QED) is 0.320. The first-order valence-electron chi connectivity index (χ1n) is 8.47. The highest BCUT2D eigenvalue weighted by molar-refractivity contribution is 14.0. The van der Waals surface area contributed by atoms with Gasteiger partial charge in [0.2, 0.25) is 0 Å². The van der Waals surface area contributed by atoms with Crippen molar-refractivity contribution in [1.29, 1.82) is 0 Å². The Morgan fingerprint density at radius 2 is 1.72 bits per heavy atom. The zero-order chi connectivity index (χ0) is 20.7. The van der Waals surface area contributed by atoms with Crippen LogP contribution in [0, 0.1) is 6.92 Å². The van der Waals surface area contributed by atoms with Crippen LogP contribution in [-0.2, 0) is 22.9 Å². The molecule has 0 aliphatic heterocycles. The summed E-state index contributed by atoms with van der Waals surface area (Å²) in [6.07, 6.45) is 1.16. The molecule has 0 saturated carbocycles. The van der Waals surface area contributed by atoms with Gasteiger partial charge in [-0.15, -0.1) is 24.0 Å². The summed E-state index contributed by atoms with van der Waals surface area (Å²) in [6.45, 7) is -0.370. The third-order valence-electron chi connectivity index (χ3n) is 3.91. The molecular formula is C19H24F2IN3O3S. The number of alkyl halides is 2. The van der Waals surface area contributed by atoms with Crippen LogP contribution in [0.4, 0.5) is 8.78 Å². The summed E-state index contributed by atoms with van der Waals surface area (Å²) in [6, 6.07) is 11.5.